The Hall–Kier alpha value is -1.60. The number of rotatable bonds is 7. The molecule has 23 heavy (non-hydrogen) atoms. The number of halogens is 2. The quantitative estimate of drug-likeness (QED) is 0.752. The Balaban J connectivity index is 2.07. The molecule has 1 atom stereocenters. The molecule has 0 saturated carbocycles. The van der Waals surface area contributed by atoms with E-state index in [0.717, 1.165) is 4.90 Å². The van der Waals surface area contributed by atoms with Crippen LogP contribution in [0.1, 0.15) is 6.92 Å². The average Bonchev–Trinajstić information content (AvgIpc) is 2.54. The van der Waals surface area contributed by atoms with Gasteiger partial charge in [-0.05, 0) is 24.3 Å². The van der Waals surface area contributed by atoms with Gasteiger partial charge in [0.1, 0.15) is 0 Å². The molecule has 2 aromatic carbocycles. The van der Waals surface area contributed by atoms with Crippen LogP contribution in [0.3, 0.4) is 0 Å². The number of thioether (sulfide) groups is 1. The predicted octanol–water partition coefficient (Wildman–Crippen LogP) is 4.28. The minimum absolute atomic E-state index is 0.139. The van der Waals surface area contributed by atoms with Crippen molar-refractivity contribution in [2.24, 2.45) is 0 Å². The van der Waals surface area contributed by atoms with E-state index in [1.54, 1.807) is 17.8 Å². The van der Waals surface area contributed by atoms with Gasteiger partial charge in [-0.15, -0.1) is 11.8 Å². The number of benzene rings is 2. The zero-order chi connectivity index (χ0) is 16.9. The molecule has 1 N–H and O–H groups in total. The van der Waals surface area contributed by atoms with Crippen molar-refractivity contribution in [2.75, 3.05) is 11.9 Å². The summed E-state index contributed by atoms with van der Waals surface area (Å²) in [4.78, 5) is 0.724. The van der Waals surface area contributed by atoms with Gasteiger partial charge in [-0.1, -0.05) is 37.3 Å². The largest absolute Gasteiger partial charge is 0.383 e. The van der Waals surface area contributed by atoms with Crippen LogP contribution in [0, 0.1) is 0 Å². The molecule has 0 bridgehead atoms. The number of hydrogen-bond donors (Lipinski definition) is 1. The van der Waals surface area contributed by atoms with Crippen LogP contribution >= 0.6 is 11.8 Å². The summed E-state index contributed by atoms with van der Waals surface area (Å²) in [5.74, 6) is -3.43. The van der Waals surface area contributed by atoms with Crippen LogP contribution in [-0.4, -0.2) is 26.0 Å². The van der Waals surface area contributed by atoms with E-state index in [1.165, 1.54) is 18.2 Å². The number of anilines is 1. The molecule has 0 amide bonds. The summed E-state index contributed by atoms with van der Waals surface area (Å²) in [7, 11) is -4.62. The molecule has 2 aromatic rings. The van der Waals surface area contributed by atoms with Crippen molar-refractivity contribution in [3.8, 4) is 0 Å². The molecule has 0 saturated heterocycles. The van der Waals surface area contributed by atoms with Gasteiger partial charge in [0.2, 0.25) is 9.84 Å². The lowest BCUT2D eigenvalue weighted by atomic mass is 10.3. The molecule has 0 spiro atoms. The Kier molecular flexibility index (Phi) is 6.01. The molecule has 7 heteroatoms. The standard InChI is InChI=1S/C16H17F2NO2S2/c1-12(22-13-7-3-2-4-8-13)11-19-14-9-5-6-10-15(14)23(20,21)16(17)18/h2-10,12,16,19H,11H2,1H3. The average molecular weight is 357 g/mol. The van der Waals surface area contributed by atoms with Crippen LogP contribution < -0.4 is 5.32 Å². The normalized spacial score (nSPS) is 13.0. The highest BCUT2D eigenvalue weighted by Crippen LogP contribution is 2.27. The Morgan fingerprint density at radius 2 is 1.65 bits per heavy atom. The molecule has 3 nitrogen and oxygen atoms in total. The lowest BCUT2D eigenvalue weighted by Crippen LogP contribution is -2.17. The van der Waals surface area contributed by atoms with E-state index in [0.29, 0.717) is 6.54 Å². The highest BCUT2D eigenvalue weighted by molar-refractivity contribution is 8.00. The highest BCUT2D eigenvalue weighted by atomic mass is 32.2. The van der Waals surface area contributed by atoms with E-state index in [2.05, 4.69) is 5.32 Å². The Bertz CT molecular complexity index is 737. The summed E-state index contributed by atoms with van der Waals surface area (Å²) in [6.45, 7) is 2.43. The number of para-hydroxylation sites is 1. The second kappa shape index (κ2) is 7.79. The van der Waals surface area contributed by atoms with Crippen LogP contribution in [0.25, 0.3) is 0 Å². The summed E-state index contributed by atoms with van der Waals surface area (Å²) in [5, 5.41) is 3.10. The van der Waals surface area contributed by atoms with Crippen LogP contribution in [-0.2, 0) is 9.84 Å². The van der Waals surface area contributed by atoms with Gasteiger partial charge in [-0.2, -0.15) is 8.78 Å². The van der Waals surface area contributed by atoms with Gasteiger partial charge in [0, 0.05) is 16.7 Å². The first kappa shape index (κ1) is 17.7. The fourth-order valence-corrected chi connectivity index (χ4v) is 3.84. The Labute approximate surface area is 139 Å². The first-order valence-electron chi connectivity index (χ1n) is 6.98. The zero-order valence-electron chi connectivity index (χ0n) is 12.4. The lowest BCUT2D eigenvalue weighted by molar-refractivity contribution is 0.235. The maximum Gasteiger partial charge on any atom is 0.341 e. The van der Waals surface area contributed by atoms with Gasteiger partial charge in [0.25, 0.3) is 0 Å². The van der Waals surface area contributed by atoms with Crippen molar-refractivity contribution in [2.45, 2.75) is 27.7 Å². The van der Waals surface area contributed by atoms with E-state index >= 15 is 0 Å². The maximum absolute atomic E-state index is 12.7. The molecule has 124 valence electrons. The van der Waals surface area contributed by atoms with Crippen LogP contribution in [0.2, 0.25) is 0 Å². The molecule has 0 heterocycles. The molecule has 0 fully saturated rings. The fraction of sp³-hybridized carbons (Fsp3) is 0.250. The summed E-state index contributed by atoms with van der Waals surface area (Å²) in [6, 6.07) is 15.5. The number of alkyl halides is 2. The Morgan fingerprint density at radius 1 is 1.04 bits per heavy atom. The Morgan fingerprint density at radius 3 is 2.30 bits per heavy atom. The van der Waals surface area contributed by atoms with E-state index in [9.17, 15) is 17.2 Å². The van der Waals surface area contributed by atoms with Crippen LogP contribution in [0.15, 0.2) is 64.4 Å². The maximum atomic E-state index is 12.7. The van der Waals surface area contributed by atoms with Crippen molar-refractivity contribution < 1.29 is 17.2 Å². The number of nitrogens with one attached hydrogen (secondary N) is 1. The topological polar surface area (TPSA) is 46.2 Å². The summed E-state index contributed by atoms with van der Waals surface area (Å²) in [5.41, 5.74) is 0.202. The highest BCUT2D eigenvalue weighted by Gasteiger charge is 2.28. The van der Waals surface area contributed by atoms with Crippen molar-refractivity contribution in [1.82, 2.24) is 0 Å². The van der Waals surface area contributed by atoms with Crippen molar-refractivity contribution in [3.05, 3.63) is 54.6 Å². The molecule has 2 rings (SSSR count). The van der Waals surface area contributed by atoms with Gasteiger partial charge in [0.05, 0.1) is 10.6 Å². The van der Waals surface area contributed by atoms with Gasteiger partial charge in [-0.3, -0.25) is 0 Å². The first-order valence-corrected chi connectivity index (χ1v) is 9.40. The molecule has 0 aromatic heterocycles. The summed E-state index contributed by atoms with van der Waals surface area (Å²) >= 11 is 1.62. The first-order chi connectivity index (χ1) is 10.9. The molecular weight excluding hydrogens is 340 g/mol. The van der Waals surface area contributed by atoms with E-state index in [4.69, 9.17) is 0 Å². The minimum Gasteiger partial charge on any atom is -0.383 e. The number of sulfone groups is 1. The van der Waals surface area contributed by atoms with Crippen LogP contribution in [0.5, 0.6) is 0 Å². The summed E-state index contributed by atoms with van der Waals surface area (Å²) in [6.07, 6.45) is 0. The van der Waals surface area contributed by atoms with Crippen molar-refractivity contribution in [3.63, 3.8) is 0 Å². The lowest BCUT2D eigenvalue weighted by Gasteiger charge is -2.16. The molecule has 0 aliphatic carbocycles. The van der Waals surface area contributed by atoms with Gasteiger partial charge in [-0.25, -0.2) is 8.42 Å². The fourth-order valence-electron chi connectivity index (χ4n) is 1.98. The molecule has 0 aliphatic rings. The molecule has 1 unspecified atom stereocenters. The minimum atomic E-state index is -4.62. The van der Waals surface area contributed by atoms with Crippen molar-refractivity contribution >= 4 is 27.3 Å². The van der Waals surface area contributed by atoms with E-state index in [1.807, 2.05) is 37.3 Å². The third kappa shape index (κ3) is 4.68. The van der Waals surface area contributed by atoms with Gasteiger partial charge in [0.15, 0.2) is 0 Å². The van der Waals surface area contributed by atoms with E-state index < -0.39 is 15.6 Å². The SMILES string of the molecule is CC(CNc1ccccc1S(=O)(=O)C(F)F)Sc1ccccc1. The summed E-state index contributed by atoms with van der Waals surface area (Å²) < 4.78 is 48.9. The third-order valence-corrected chi connectivity index (χ3v) is 5.64. The van der Waals surface area contributed by atoms with E-state index in [-0.39, 0.29) is 15.8 Å². The second-order valence-corrected chi connectivity index (χ2v) is 8.32. The smallest absolute Gasteiger partial charge is 0.341 e. The molecule has 0 aliphatic heterocycles. The third-order valence-electron chi connectivity index (χ3n) is 3.09. The van der Waals surface area contributed by atoms with Gasteiger partial charge < -0.3 is 5.32 Å². The van der Waals surface area contributed by atoms with Crippen molar-refractivity contribution in [1.29, 1.82) is 0 Å². The number of hydrogen-bond acceptors (Lipinski definition) is 4. The van der Waals surface area contributed by atoms with Gasteiger partial charge >= 0.3 is 5.76 Å². The molecule has 0 radical (unpaired) electrons. The second-order valence-electron chi connectivity index (χ2n) is 4.92. The monoisotopic (exact) mass is 357 g/mol. The molecular formula is C16H17F2NO2S2. The van der Waals surface area contributed by atoms with Crippen LogP contribution in [0.4, 0.5) is 14.5 Å². The zero-order valence-corrected chi connectivity index (χ0v) is 14.1. The predicted molar refractivity (Wildman–Crippen MR) is 89.9 cm³/mol.